The Labute approximate surface area is 113 Å². The molecular weight excluding hydrogens is 242 g/mol. The first-order valence-electron chi connectivity index (χ1n) is 7.16. The van der Waals surface area contributed by atoms with Crippen molar-refractivity contribution >= 4 is 5.97 Å². The van der Waals surface area contributed by atoms with Crippen LogP contribution in [0.4, 0.5) is 0 Å². The first kappa shape index (κ1) is 12.7. The lowest BCUT2D eigenvalue weighted by Gasteiger charge is -2.31. The number of nitrogens with one attached hydrogen (secondary N) is 1. The van der Waals surface area contributed by atoms with Crippen molar-refractivity contribution in [3.8, 4) is 0 Å². The van der Waals surface area contributed by atoms with Gasteiger partial charge in [0.2, 0.25) is 0 Å². The van der Waals surface area contributed by atoms with Gasteiger partial charge in [0.05, 0.1) is 12.2 Å². The minimum atomic E-state index is -0.630. The van der Waals surface area contributed by atoms with Gasteiger partial charge in [0, 0.05) is 18.5 Å². The molecule has 0 radical (unpaired) electrons. The van der Waals surface area contributed by atoms with Crippen LogP contribution in [0.5, 0.6) is 0 Å². The Balaban J connectivity index is 1.63. The summed E-state index contributed by atoms with van der Waals surface area (Å²) < 4.78 is 5.35. The summed E-state index contributed by atoms with van der Waals surface area (Å²) in [5, 5.41) is 13.0. The van der Waals surface area contributed by atoms with Crippen molar-refractivity contribution in [2.45, 2.75) is 44.7 Å². The zero-order valence-corrected chi connectivity index (χ0v) is 11.2. The maximum absolute atomic E-state index is 11.4. The third kappa shape index (κ3) is 2.41. The fraction of sp³-hybridized carbons (Fsp3) is 0.667. The van der Waals surface area contributed by atoms with Gasteiger partial charge in [0.15, 0.2) is 0 Å². The Morgan fingerprint density at radius 2 is 2.32 bits per heavy atom. The van der Waals surface area contributed by atoms with Gasteiger partial charge in [0.25, 0.3) is 0 Å². The molecule has 0 saturated heterocycles. The molecule has 0 amide bonds. The van der Waals surface area contributed by atoms with E-state index in [0.29, 0.717) is 11.8 Å². The van der Waals surface area contributed by atoms with E-state index in [-0.39, 0.29) is 18.0 Å². The highest BCUT2D eigenvalue weighted by molar-refractivity contribution is 5.72. The highest BCUT2D eigenvalue weighted by Gasteiger charge is 2.51. The van der Waals surface area contributed by atoms with Gasteiger partial charge < -0.3 is 14.8 Å². The first-order valence-corrected chi connectivity index (χ1v) is 7.16. The Bertz CT molecular complexity index is 442. The van der Waals surface area contributed by atoms with Crippen LogP contribution in [-0.4, -0.2) is 23.2 Å². The SMILES string of the molecule is CC(Cc1ccco1)NC1C2CCC(C2)C1C(=O)O. The van der Waals surface area contributed by atoms with Crippen LogP contribution >= 0.6 is 0 Å². The van der Waals surface area contributed by atoms with Crippen LogP contribution in [0.3, 0.4) is 0 Å². The molecule has 2 bridgehead atoms. The number of hydrogen-bond donors (Lipinski definition) is 2. The summed E-state index contributed by atoms with van der Waals surface area (Å²) in [6.45, 7) is 2.10. The minimum Gasteiger partial charge on any atom is -0.481 e. The molecule has 1 aromatic rings. The van der Waals surface area contributed by atoms with E-state index in [0.717, 1.165) is 25.0 Å². The van der Waals surface area contributed by atoms with Gasteiger partial charge >= 0.3 is 5.97 Å². The second-order valence-electron chi connectivity index (χ2n) is 6.07. The maximum Gasteiger partial charge on any atom is 0.308 e. The maximum atomic E-state index is 11.4. The highest BCUT2D eigenvalue weighted by Crippen LogP contribution is 2.48. The second kappa shape index (κ2) is 5.00. The van der Waals surface area contributed by atoms with E-state index in [4.69, 9.17) is 4.42 Å². The lowest BCUT2D eigenvalue weighted by atomic mass is 9.84. The predicted octanol–water partition coefficient (Wildman–Crippen LogP) is 2.30. The first-order chi connectivity index (χ1) is 9.15. The van der Waals surface area contributed by atoms with Crippen LogP contribution in [0, 0.1) is 17.8 Å². The van der Waals surface area contributed by atoms with E-state index in [1.807, 2.05) is 12.1 Å². The summed E-state index contributed by atoms with van der Waals surface area (Å²) >= 11 is 0. The van der Waals surface area contributed by atoms with Crippen molar-refractivity contribution in [3.63, 3.8) is 0 Å². The number of rotatable bonds is 5. The number of carboxylic acids is 1. The average Bonchev–Trinajstić information content (AvgIpc) is 3.03. The lowest BCUT2D eigenvalue weighted by molar-refractivity contribution is -0.144. The summed E-state index contributed by atoms with van der Waals surface area (Å²) in [5.74, 6) is 1.06. The summed E-state index contributed by atoms with van der Waals surface area (Å²) in [6, 6.07) is 4.24. The smallest absolute Gasteiger partial charge is 0.308 e. The molecule has 1 heterocycles. The van der Waals surface area contributed by atoms with Crippen molar-refractivity contribution in [2.24, 2.45) is 17.8 Å². The molecular formula is C15H21NO3. The number of hydrogen-bond acceptors (Lipinski definition) is 3. The van der Waals surface area contributed by atoms with Gasteiger partial charge in [-0.15, -0.1) is 0 Å². The molecule has 5 atom stereocenters. The van der Waals surface area contributed by atoms with Gasteiger partial charge in [-0.3, -0.25) is 4.79 Å². The Morgan fingerprint density at radius 3 is 3.00 bits per heavy atom. The van der Waals surface area contributed by atoms with Crippen LogP contribution < -0.4 is 5.32 Å². The molecule has 3 rings (SSSR count). The van der Waals surface area contributed by atoms with E-state index in [1.165, 1.54) is 6.42 Å². The van der Waals surface area contributed by atoms with Crippen LogP contribution in [0.2, 0.25) is 0 Å². The molecule has 0 aromatic carbocycles. The van der Waals surface area contributed by atoms with Gasteiger partial charge in [-0.2, -0.15) is 0 Å². The molecule has 104 valence electrons. The van der Waals surface area contributed by atoms with Crippen molar-refractivity contribution < 1.29 is 14.3 Å². The van der Waals surface area contributed by atoms with Crippen LogP contribution in [-0.2, 0) is 11.2 Å². The molecule has 2 aliphatic rings. The number of fused-ring (bicyclic) bond motifs is 2. The molecule has 2 aliphatic carbocycles. The fourth-order valence-corrected chi connectivity index (χ4v) is 4.00. The van der Waals surface area contributed by atoms with Gasteiger partial charge in [-0.1, -0.05) is 0 Å². The molecule has 2 saturated carbocycles. The Morgan fingerprint density at radius 1 is 1.53 bits per heavy atom. The van der Waals surface area contributed by atoms with Crippen molar-refractivity contribution in [3.05, 3.63) is 24.2 Å². The minimum absolute atomic E-state index is 0.140. The number of furan rings is 1. The summed E-state index contributed by atoms with van der Waals surface area (Å²) in [4.78, 5) is 11.4. The lowest BCUT2D eigenvalue weighted by Crippen LogP contribution is -2.48. The van der Waals surface area contributed by atoms with Gasteiger partial charge in [-0.25, -0.2) is 0 Å². The summed E-state index contributed by atoms with van der Waals surface area (Å²) in [7, 11) is 0. The zero-order valence-electron chi connectivity index (χ0n) is 11.2. The third-order valence-electron chi connectivity index (χ3n) is 4.77. The standard InChI is InChI=1S/C15H21NO3/c1-9(7-12-3-2-6-19-12)16-14-11-5-4-10(8-11)13(14)15(17)18/h2-3,6,9-11,13-14,16H,4-5,7-8H2,1H3,(H,17,18). The second-order valence-corrected chi connectivity index (χ2v) is 6.07. The molecule has 19 heavy (non-hydrogen) atoms. The van der Waals surface area contributed by atoms with E-state index in [9.17, 15) is 9.90 Å². The normalized spacial score (nSPS) is 34.6. The van der Waals surface area contributed by atoms with Crippen molar-refractivity contribution in [1.29, 1.82) is 0 Å². The fourth-order valence-electron chi connectivity index (χ4n) is 4.00. The van der Waals surface area contributed by atoms with E-state index >= 15 is 0 Å². The van der Waals surface area contributed by atoms with Crippen LogP contribution in [0.1, 0.15) is 31.9 Å². The predicted molar refractivity (Wildman–Crippen MR) is 70.8 cm³/mol. The molecule has 1 aromatic heterocycles. The number of carbonyl (C=O) groups is 1. The van der Waals surface area contributed by atoms with Crippen LogP contribution in [0.25, 0.3) is 0 Å². The van der Waals surface area contributed by atoms with Crippen molar-refractivity contribution in [1.82, 2.24) is 5.32 Å². The van der Waals surface area contributed by atoms with Crippen LogP contribution in [0.15, 0.2) is 22.8 Å². The van der Waals surface area contributed by atoms with E-state index in [1.54, 1.807) is 6.26 Å². The highest BCUT2D eigenvalue weighted by atomic mass is 16.4. The van der Waals surface area contributed by atoms with Gasteiger partial charge in [-0.05, 0) is 50.2 Å². The Hall–Kier alpha value is -1.29. The average molecular weight is 263 g/mol. The Kier molecular flexibility index (Phi) is 3.35. The molecule has 2 fully saturated rings. The number of carboxylic acid groups (broad SMARTS) is 1. The molecule has 5 unspecified atom stereocenters. The zero-order chi connectivity index (χ0) is 13.4. The monoisotopic (exact) mass is 263 g/mol. The molecule has 2 N–H and O–H groups in total. The topological polar surface area (TPSA) is 62.5 Å². The molecule has 0 spiro atoms. The quantitative estimate of drug-likeness (QED) is 0.855. The van der Waals surface area contributed by atoms with Gasteiger partial charge in [0.1, 0.15) is 5.76 Å². The van der Waals surface area contributed by atoms with E-state index in [2.05, 4.69) is 12.2 Å². The molecule has 0 aliphatic heterocycles. The molecule has 4 heteroatoms. The summed E-state index contributed by atoms with van der Waals surface area (Å²) in [5.41, 5.74) is 0. The molecule has 4 nitrogen and oxygen atoms in total. The third-order valence-corrected chi connectivity index (χ3v) is 4.77. The van der Waals surface area contributed by atoms with Crippen molar-refractivity contribution in [2.75, 3.05) is 0 Å². The number of aliphatic carboxylic acids is 1. The summed E-state index contributed by atoms with van der Waals surface area (Å²) in [6.07, 6.45) is 5.85. The largest absolute Gasteiger partial charge is 0.481 e. The van der Waals surface area contributed by atoms with E-state index < -0.39 is 5.97 Å².